The van der Waals surface area contributed by atoms with Gasteiger partial charge in [0.25, 0.3) is 0 Å². The predicted molar refractivity (Wildman–Crippen MR) is 90.2 cm³/mol. The molecular weight excluding hydrogens is 300 g/mol. The lowest BCUT2D eigenvalue weighted by atomic mass is 9.79. The van der Waals surface area contributed by atoms with Crippen molar-refractivity contribution in [3.63, 3.8) is 0 Å². The van der Waals surface area contributed by atoms with E-state index in [1.807, 2.05) is 41.5 Å². The van der Waals surface area contributed by atoms with Crippen molar-refractivity contribution in [1.29, 1.82) is 0 Å². The van der Waals surface area contributed by atoms with Gasteiger partial charge in [-0.1, -0.05) is 58.5 Å². The first-order valence-corrected chi connectivity index (χ1v) is 7.74. The fourth-order valence-corrected chi connectivity index (χ4v) is 2.75. The van der Waals surface area contributed by atoms with Gasteiger partial charge in [-0.05, 0) is 34.1 Å². The van der Waals surface area contributed by atoms with Gasteiger partial charge in [-0.25, -0.2) is 0 Å². The summed E-state index contributed by atoms with van der Waals surface area (Å²) >= 11 is 1.07. The molecule has 0 aliphatic rings. The molecule has 0 fully saturated rings. The molecule has 0 spiro atoms. The Morgan fingerprint density at radius 1 is 1.09 bits per heavy atom. The molecule has 1 aromatic rings. The smallest absolute Gasteiger partial charge is 0.112 e. The van der Waals surface area contributed by atoms with Gasteiger partial charge in [0.1, 0.15) is 5.04 Å². The van der Waals surface area contributed by atoms with E-state index in [9.17, 15) is 10.3 Å². The molecule has 0 heterocycles. The molecule has 1 rings (SSSR count). The van der Waals surface area contributed by atoms with E-state index in [4.69, 9.17) is 5.21 Å². The summed E-state index contributed by atoms with van der Waals surface area (Å²) in [6.45, 7) is 11.8. The van der Waals surface area contributed by atoms with Crippen molar-refractivity contribution in [3.8, 4) is 5.75 Å². The molecule has 0 aliphatic carbocycles. The predicted octanol–water partition coefficient (Wildman–Crippen LogP) is 3.80. The zero-order valence-electron chi connectivity index (χ0n) is 13.8. The first kappa shape index (κ1) is 18.4. The SMILES string of the molecule is CC(C)(C)c1cc(SC(/C=N\O)=N\[O-])cc(C(C)(C)C)c1[O-]. The number of thioether (sulfide) groups is 1. The monoisotopic (exact) mass is 322 g/mol. The summed E-state index contributed by atoms with van der Waals surface area (Å²) in [5, 5.41) is 37.7. The second-order valence-electron chi connectivity index (χ2n) is 7.12. The van der Waals surface area contributed by atoms with Crippen molar-refractivity contribution in [1.82, 2.24) is 0 Å². The van der Waals surface area contributed by atoms with Gasteiger partial charge in [-0.15, -0.1) is 5.75 Å². The quantitative estimate of drug-likeness (QED) is 0.295. The van der Waals surface area contributed by atoms with E-state index >= 15 is 0 Å². The molecule has 0 radical (unpaired) electrons. The second-order valence-corrected chi connectivity index (χ2v) is 8.22. The Labute approximate surface area is 135 Å². The van der Waals surface area contributed by atoms with Crippen molar-refractivity contribution in [3.05, 3.63) is 28.5 Å². The van der Waals surface area contributed by atoms with Crippen LogP contribution in [0.15, 0.2) is 27.3 Å². The van der Waals surface area contributed by atoms with E-state index in [1.54, 1.807) is 12.1 Å². The Balaban J connectivity index is 3.48. The normalized spacial score (nSPS) is 13.8. The highest BCUT2D eigenvalue weighted by Gasteiger charge is 2.22. The molecule has 1 N–H and O–H groups in total. The molecule has 0 saturated heterocycles. The highest BCUT2D eigenvalue weighted by molar-refractivity contribution is 8.15. The van der Waals surface area contributed by atoms with E-state index in [1.165, 1.54) is 0 Å². The number of hydrogen-bond donors (Lipinski definition) is 1. The summed E-state index contributed by atoms with van der Waals surface area (Å²) in [7, 11) is 0. The van der Waals surface area contributed by atoms with E-state index in [0.717, 1.165) is 22.9 Å². The van der Waals surface area contributed by atoms with Crippen LogP contribution in [0.1, 0.15) is 52.7 Å². The summed E-state index contributed by atoms with van der Waals surface area (Å²) in [5.74, 6) is 0.0285. The molecule has 0 atom stereocenters. The first-order chi connectivity index (χ1) is 10.0. The minimum absolute atomic E-state index is 0.0285. The maximum absolute atomic E-state index is 12.7. The minimum atomic E-state index is -0.312. The minimum Gasteiger partial charge on any atom is -0.872 e. The lowest BCUT2D eigenvalue weighted by Crippen LogP contribution is -2.21. The van der Waals surface area contributed by atoms with Gasteiger partial charge in [0.15, 0.2) is 0 Å². The van der Waals surface area contributed by atoms with Gasteiger partial charge in [-0.3, -0.25) is 0 Å². The van der Waals surface area contributed by atoms with Crippen LogP contribution in [0.3, 0.4) is 0 Å². The Kier molecular flexibility index (Phi) is 5.51. The van der Waals surface area contributed by atoms with Crippen LogP contribution >= 0.6 is 11.8 Å². The molecule has 122 valence electrons. The average Bonchev–Trinajstić information content (AvgIpc) is 2.37. The number of benzene rings is 1. The van der Waals surface area contributed by atoms with Crippen LogP contribution in [0.25, 0.3) is 0 Å². The number of rotatable bonds is 2. The summed E-state index contributed by atoms with van der Waals surface area (Å²) < 4.78 is 0. The third-order valence-electron chi connectivity index (χ3n) is 3.16. The van der Waals surface area contributed by atoms with Crippen LogP contribution < -0.4 is 5.11 Å². The maximum Gasteiger partial charge on any atom is 0.112 e. The first-order valence-electron chi connectivity index (χ1n) is 6.92. The van der Waals surface area contributed by atoms with Crippen LogP contribution in [0.4, 0.5) is 0 Å². The third kappa shape index (κ3) is 4.40. The summed E-state index contributed by atoms with van der Waals surface area (Å²) in [5.41, 5.74) is 0.753. The molecule has 5 nitrogen and oxygen atoms in total. The molecule has 6 heteroatoms. The number of nitrogens with zero attached hydrogens (tertiary/aromatic N) is 2. The Morgan fingerprint density at radius 3 is 1.86 bits per heavy atom. The van der Waals surface area contributed by atoms with Crippen molar-refractivity contribution in [2.75, 3.05) is 0 Å². The number of hydrogen-bond acceptors (Lipinski definition) is 6. The highest BCUT2D eigenvalue weighted by atomic mass is 32.2. The van der Waals surface area contributed by atoms with Gasteiger partial charge in [0, 0.05) is 4.90 Å². The van der Waals surface area contributed by atoms with Crippen molar-refractivity contribution < 1.29 is 10.3 Å². The zero-order valence-corrected chi connectivity index (χ0v) is 14.6. The molecule has 0 aromatic heterocycles. The molecule has 0 aliphatic heterocycles. The van der Waals surface area contributed by atoms with Gasteiger partial charge in [-0.2, -0.15) is 0 Å². The fourth-order valence-electron chi connectivity index (χ4n) is 2.01. The zero-order chi connectivity index (χ0) is 17.1. The fraction of sp³-hybridized carbons (Fsp3) is 0.500. The number of oxime groups is 1. The van der Waals surface area contributed by atoms with Crippen molar-refractivity contribution in [2.24, 2.45) is 10.3 Å². The van der Waals surface area contributed by atoms with Gasteiger partial charge < -0.3 is 20.7 Å². The second kappa shape index (κ2) is 6.60. The van der Waals surface area contributed by atoms with Crippen LogP contribution in [0.5, 0.6) is 5.75 Å². The summed E-state index contributed by atoms with van der Waals surface area (Å²) in [6, 6.07) is 3.55. The molecule has 0 unspecified atom stereocenters. The molecule has 0 bridgehead atoms. The molecule has 0 amide bonds. The van der Waals surface area contributed by atoms with Gasteiger partial charge in [0.05, 0.1) is 6.21 Å². The standard InChI is InChI=1S/C16H24N2O3S/c1-15(2,3)11-7-10(22-13(18-21)9-17-20)8-12(14(11)19)16(4,5)6/h7-9,19-21H,1-6H3/p-2/b17-9-,18-13-. The van der Waals surface area contributed by atoms with Crippen LogP contribution in [-0.2, 0) is 10.8 Å². The lowest BCUT2D eigenvalue weighted by Gasteiger charge is -2.34. The topological polar surface area (TPSA) is 91.1 Å². The Bertz CT molecular complexity index is 561. The largest absolute Gasteiger partial charge is 0.872 e. The van der Waals surface area contributed by atoms with E-state index in [-0.39, 0.29) is 21.6 Å². The maximum atomic E-state index is 12.7. The van der Waals surface area contributed by atoms with Crippen LogP contribution in [0, 0.1) is 5.21 Å². The third-order valence-corrected chi connectivity index (χ3v) is 4.02. The summed E-state index contributed by atoms with van der Waals surface area (Å²) in [6.07, 6.45) is 0.982. The van der Waals surface area contributed by atoms with Crippen LogP contribution in [-0.4, -0.2) is 16.5 Å². The van der Waals surface area contributed by atoms with E-state index in [0.29, 0.717) is 11.1 Å². The van der Waals surface area contributed by atoms with Crippen molar-refractivity contribution >= 4 is 23.0 Å². The average molecular weight is 322 g/mol. The van der Waals surface area contributed by atoms with Gasteiger partial charge >= 0.3 is 0 Å². The highest BCUT2D eigenvalue weighted by Crippen LogP contribution is 2.40. The Hall–Kier alpha value is -1.69. The molecular formula is C16H22N2O3S-2. The van der Waals surface area contributed by atoms with Crippen LogP contribution in [0.2, 0.25) is 0 Å². The van der Waals surface area contributed by atoms with E-state index in [2.05, 4.69) is 10.3 Å². The molecule has 1 aromatic carbocycles. The Morgan fingerprint density at radius 2 is 1.55 bits per heavy atom. The summed E-state index contributed by atoms with van der Waals surface area (Å²) in [4.78, 5) is 0.726. The van der Waals surface area contributed by atoms with E-state index < -0.39 is 0 Å². The molecule has 22 heavy (non-hydrogen) atoms. The lowest BCUT2D eigenvalue weighted by molar-refractivity contribution is -0.271. The van der Waals surface area contributed by atoms with Gasteiger partial charge in [0.2, 0.25) is 0 Å². The van der Waals surface area contributed by atoms with Crippen molar-refractivity contribution in [2.45, 2.75) is 57.3 Å². The molecule has 0 saturated carbocycles.